The number of hydrogen-bond donors (Lipinski definition) is 4. The number of aliphatic hydroxyl groups excluding tert-OH is 3. The Hall–Kier alpha value is -1.22. The molecule has 0 unspecified atom stereocenters. The second-order valence-electron chi connectivity index (χ2n) is 14.6. The van der Waals surface area contributed by atoms with Gasteiger partial charge < -0.3 is 30.3 Å². The Labute approximate surface area is 295 Å². The first-order valence-electron chi connectivity index (χ1n) is 20.6. The van der Waals surface area contributed by atoms with Crippen LogP contribution in [0.3, 0.4) is 0 Å². The Morgan fingerprint density at radius 2 is 0.958 bits per heavy atom. The minimum Gasteiger partial charge on any atom is -0.394 e. The Bertz CT molecular complexity index is 768. The van der Waals surface area contributed by atoms with E-state index in [0.29, 0.717) is 13.0 Å². The van der Waals surface area contributed by atoms with Crippen LogP contribution in [0, 0.1) is 0 Å². The lowest BCUT2D eigenvalue weighted by Crippen LogP contribution is -2.68. The lowest BCUT2D eigenvalue weighted by Gasteiger charge is -2.46. The number of ether oxygens (including phenoxy) is 1. The second-order valence-corrected chi connectivity index (χ2v) is 14.6. The van der Waals surface area contributed by atoms with Crippen molar-refractivity contribution in [1.82, 2.24) is 10.2 Å². The van der Waals surface area contributed by atoms with E-state index in [2.05, 4.69) is 19.2 Å². The predicted octanol–water partition coefficient (Wildman–Crippen LogP) is 8.72. The molecule has 48 heavy (non-hydrogen) atoms. The summed E-state index contributed by atoms with van der Waals surface area (Å²) in [6.45, 7) is 5.83. The summed E-state index contributed by atoms with van der Waals surface area (Å²) < 4.78 is 6.03. The van der Waals surface area contributed by atoms with Crippen LogP contribution in [0.15, 0.2) is 0 Å². The van der Waals surface area contributed by atoms with Gasteiger partial charge >= 0.3 is 0 Å². The van der Waals surface area contributed by atoms with Crippen molar-refractivity contribution in [3.63, 3.8) is 0 Å². The number of aliphatic hydroxyl groups is 3. The molecule has 0 bridgehead atoms. The van der Waals surface area contributed by atoms with Gasteiger partial charge in [-0.25, -0.2) is 0 Å². The summed E-state index contributed by atoms with van der Waals surface area (Å²) in [5, 5.41) is 33.9. The van der Waals surface area contributed by atoms with Crippen LogP contribution in [0.1, 0.15) is 201 Å². The molecule has 0 aliphatic carbocycles. The van der Waals surface area contributed by atoms with Gasteiger partial charge in [0.15, 0.2) is 6.23 Å². The Balaban J connectivity index is 2.50. The monoisotopic (exact) mass is 683 g/mol. The average molecular weight is 683 g/mol. The molecule has 2 amide bonds. The van der Waals surface area contributed by atoms with Crippen LogP contribution < -0.4 is 5.32 Å². The van der Waals surface area contributed by atoms with Crippen LogP contribution in [-0.4, -0.2) is 75.8 Å². The summed E-state index contributed by atoms with van der Waals surface area (Å²) >= 11 is 0. The molecular weight excluding hydrogens is 604 g/mol. The van der Waals surface area contributed by atoms with Crippen molar-refractivity contribution in [2.75, 3.05) is 13.2 Å². The molecule has 5 atom stereocenters. The van der Waals surface area contributed by atoms with E-state index in [1.807, 2.05) is 0 Å². The lowest BCUT2D eigenvalue weighted by molar-refractivity contribution is -0.231. The molecule has 0 radical (unpaired) electrons. The first kappa shape index (κ1) is 44.8. The maximum atomic E-state index is 13.6. The third-order valence-corrected chi connectivity index (χ3v) is 10.1. The molecular formula is C40H78N2O6. The van der Waals surface area contributed by atoms with Crippen LogP contribution >= 0.6 is 0 Å². The van der Waals surface area contributed by atoms with Crippen molar-refractivity contribution in [3.05, 3.63) is 0 Å². The molecule has 4 N–H and O–H groups in total. The fraction of sp³-hybridized carbons (Fsp3) is 0.950. The zero-order valence-electron chi connectivity index (χ0n) is 31.6. The molecule has 0 saturated carbocycles. The molecule has 0 aromatic heterocycles. The number of unbranched alkanes of at least 4 members (excludes halogenated alkanes) is 25. The van der Waals surface area contributed by atoms with E-state index in [-0.39, 0.29) is 11.8 Å². The normalized spacial score (nSPS) is 21.0. The molecule has 8 nitrogen and oxygen atoms in total. The quantitative estimate of drug-likeness (QED) is 0.0527. The van der Waals surface area contributed by atoms with E-state index in [0.717, 1.165) is 38.5 Å². The number of carbonyl (C=O) groups excluding carboxylic acids is 2. The van der Waals surface area contributed by atoms with Gasteiger partial charge in [0.05, 0.1) is 6.61 Å². The zero-order chi connectivity index (χ0) is 35.2. The van der Waals surface area contributed by atoms with E-state index in [9.17, 15) is 24.9 Å². The highest BCUT2D eigenvalue weighted by Gasteiger charge is 2.47. The van der Waals surface area contributed by atoms with Gasteiger partial charge in [-0.3, -0.25) is 9.59 Å². The first-order chi connectivity index (χ1) is 23.4. The highest BCUT2D eigenvalue weighted by Crippen LogP contribution is 2.26. The van der Waals surface area contributed by atoms with Gasteiger partial charge in [-0.05, 0) is 12.8 Å². The van der Waals surface area contributed by atoms with Crippen molar-refractivity contribution < 1.29 is 29.6 Å². The number of hydrogen-bond acceptors (Lipinski definition) is 6. The number of nitrogens with zero attached hydrogens (tertiary/aromatic N) is 1. The summed E-state index contributed by atoms with van der Waals surface area (Å²) in [5.74, 6) is -0.434. The molecule has 1 aliphatic rings. The van der Waals surface area contributed by atoms with Gasteiger partial charge in [0.1, 0.15) is 24.4 Å². The standard InChI is InChI=1S/C40H78N2O6/c1-4-6-8-10-12-14-16-18-19-20-21-23-25-27-29-31-36(45)42(32-30-28-26-24-22-17-15-13-11-9-7-5-2)40-37(41-34(3)44)39(47)38(46)35(33-43)48-40/h35,37-40,43,46-47H,4-33H2,1-3H3,(H,41,44)/t35-,37-,38-,39-,40-/m1/s1. The van der Waals surface area contributed by atoms with E-state index in [1.54, 1.807) is 4.90 Å². The van der Waals surface area contributed by atoms with Crippen LogP contribution in [-0.2, 0) is 14.3 Å². The largest absolute Gasteiger partial charge is 0.394 e. The summed E-state index contributed by atoms with van der Waals surface area (Å²) in [4.78, 5) is 27.3. The number of nitrogens with one attached hydrogen (secondary N) is 1. The first-order valence-corrected chi connectivity index (χ1v) is 20.6. The van der Waals surface area contributed by atoms with Crippen molar-refractivity contribution in [2.24, 2.45) is 0 Å². The molecule has 0 aromatic rings. The molecule has 1 heterocycles. The zero-order valence-corrected chi connectivity index (χ0v) is 31.6. The Kier molecular flexibility index (Phi) is 28.6. The molecule has 284 valence electrons. The van der Waals surface area contributed by atoms with Gasteiger partial charge in [-0.15, -0.1) is 0 Å². The van der Waals surface area contributed by atoms with Gasteiger partial charge in [-0.2, -0.15) is 0 Å². The lowest BCUT2D eigenvalue weighted by atomic mass is 9.94. The summed E-state index contributed by atoms with van der Waals surface area (Å²) in [6, 6.07) is -0.970. The van der Waals surface area contributed by atoms with Crippen molar-refractivity contribution in [1.29, 1.82) is 0 Å². The molecule has 1 aliphatic heterocycles. The van der Waals surface area contributed by atoms with E-state index in [4.69, 9.17) is 4.74 Å². The molecule has 0 aromatic carbocycles. The van der Waals surface area contributed by atoms with Gasteiger partial charge in [0.25, 0.3) is 0 Å². The molecule has 1 rings (SSSR count). The fourth-order valence-electron chi connectivity index (χ4n) is 7.06. The topological polar surface area (TPSA) is 119 Å². The molecule has 1 fully saturated rings. The van der Waals surface area contributed by atoms with Crippen molar-refractivity contribution >= 4 is 11.8 Å². The van der Waals surface area contributed by atoms with Crippen LogP contribution in [0.25, 0.3) is 0 Å². The molecule has 0 spiro atoms. The number of amides is 2. The average Bonchev–Trinajstić information content (AvgIpc) is 3.07. The maximum Gasteiger partial charge on any atom is 0.224 e. The van der Waals surface area contributed by atoms with Gasteiger partial charge in [0.2, 0.25) is 11.8 Å². The van der Waals surface area contributed by atoms with Crippen molar-refractivity contribution in [3.8, 4) is 0 Å². The maximum absolute atomic E-state index is 13.6. The summed E-state index contributed by atoms with van der Waals surface area (Å²) in [6.07, 6.45) is 29.2. The minimum absolute atomic E-state index is 0.0617. The Morgan fingerprint density at radius 1 is 0.583 bits per heavy atom. The predicted molar refractivity (Wildman–Crippen MR) is 198 cm³/mol. The van der Waals surface area contributed by atoms with E-state index >= 15 is 0 Å². The van der Waals surface area contributed by atoms with Gasteiger partial charge in [-0.1, -0.05) is 174 Å². The highest BCUT2D eigenvalue weighted by atomic mass is 16.5. The van der Waals surface area contributed by atoms with Crippen molar-refractivity contribution in [2.45, 2.75) is 231 Å². The molecule has 8 heteroatoms. The van der Waals surface area contributed by atoms with Crippen LogP contribution in [0.2, 0.25) is 0 Å². The number of carbonyl (C=O) groups is 2. The third kappa shape index (κ3) is 21.1. The van der Waals surface area contributed by atoms with E-state index in [1.165, 1.54) is 142 Å². The van der Waals surface area contributed by atoms with Crippen LogP contribution in [0.4, 0.5) is 0 Å². The van der Waals surface area contributed by atoms with E-state index < -0.39 is 37.2 Å². The second kappa shape index (κ2) is 30.6. The Morgan fingerprint density at radius 3 is 1.33 bits per heavy atom. The highest BCUT2D eigenvalue weighted by molar-refractivity contribution is 5.77. The fourth-order valence-corrected chi connectivity index (χ4v) is 7.06. The molecule has 1 saturated heterocycles. The summed E-state index contributed by atoms with van der Waals surface area (Å²) in [5.41, 5.74) is 0. The number of rotatable bonds is 32. The summed E-state index contributed by atoms with van der Waals surface area (Å²) in [7, 11) is 0. The minimum atomic E-state index is -1.36. The smallest absolute Gasteiger partial charge is 0.224 e. The SMILES string of the molecule is CCCCCCCCCCCCCCCCCC(=O)N(CCCCCCCCCCCCCC)[C@@H]1O[C@H](CO)[C@@H](O)[C@H](O)[C@H]1NC(C)=O. The third-order valence-electron chi connectivity index (χ3n) is 10.1. The van der Waals surface area contributed by atoms with Crippen LogP contribution in [0.5, 0.6) is 0 Å². The van der Waals surface area contributed by atoms with Gasteiger partial charge in [0, 0.05) is 19.9 Å².